The summed E-state index contributed by atoms with van der Waals surface area (Å²) in [5.74, 6) is 1.36. The first kappa shape index (κ1) is 17.8. The van der Waals surface area contributed by atoms with Gasteiger partial charge < -0.3 is 15.2 Å². The fourth-order valence-corrected chi connectivity index (χ4v) is 3.19. The minimum atomic E-state index is -3.04. The number of sulfone groups is 1. The van der Waals surface area contributed by atoms with E-state index in [2.05, 4.69) is 0 Å². The van der Waals surface area contributed by atoms with E-state index in [1.165, 1.54) is 0 Å². The van der Waals surface area contributed by atoms with Gasteiger partial charge in [-0.1, -0.05) is 13.0 Å². The molecule has 0 amide bonds. The molecule has 0 fully saturated rings. The van der Waals surface area contributed by atoms with Crippen molar-refractivity contribution in [3.63, 3.8) is 0 Å². The summed E-state index contributed by atoms with van der Waals surface area (Å²) < 4.78 is 34.1. The minimum Gasteiger partial charge on any atom is -0.493 e. The topological polar surface area (TPSA) is 78.6 Å². The molecule has 0 radical (unpaired) electrons. The van der Waals surface area contributed by atoms with Gasteiger partial charge in [0.1, 0.15) is 6.61 Å². The van der Waals surface area contributed by atoms with Crippen molar-refractivity contribution in [2.24, 2.45) is 5.73 Å². The van der Waals surface area contributed by atoms with Crippen LogP contribution >= 0.6 is 0 Å². The van der Waals surface area contributed by atoms with Crippen LogP contribution in [-0.4, -0.2) is 39.7 Å². The molecule has 0 aliphatic rings. The summed E-state index contributed by atoms with van der Waals surface area (Å²) in [6.45, 7) is 3.90. The molecular formula is C15H25NO4S. The van der Waals surface area contributed by atoms with Crippen molar-refractivity contribution in [1.29, 1.82) is 0 Å². The van der Waals surface area contributed by atoms with Crippen LogP contribution in [0.2, 0.25) is 0 Å². The number of hydrogen-bond donors (Lipinski definition) is 1. The maximum atomic E-state index is 11.7. The molecule has 1 rings (SSSR count). The highest BCUT2D eigenvalue weighted by atomic mass is 32.2. The van der Waals surface area contributed by atoms with E-state index in [0.717, 1.165) is 12.0 Å². The summed E-state index contributed by atoms with van der Waals surface area (Å²) in [4.78, 5) is 0. The van der Waals surface area contributed by atoms with Gasteiger partial charge in [0.2, 0.25) is 0 Å². The number of nitrogens with two attached hydrogens (primary N) is 1. The SMILES string of the molecule is CCCS(=O)(=O)CCOc1cc(CC(C)N)ccc1OC. The van der Waals surface area contributed by atoms with Crippen molar-refractivity contribution in [3.05, 3.63) is 23.8 Å². The maximum absolute atomic E-state index is 11.7. The molecule has 0 saturated heterocycles. The molecule has 2 N–H and O–H groups in total. The van der Waals surface area contributed by atoms with Crippen molar-refractivity contribution in [2.45, 2.75) is 32.7 Å². The van der Waals surface area contributed by atoms with Crippen molar-refractivity contribution in [2.75, 3.05) is 25.2 Å². The first-order valence-electron chi connectivity index (χ1n) is 7.13. The molecule has 1 atom stereocenters. The summed E-state index contributed by atoms with van der Waals surface area (Å²) in [5, 5.41) is 0. The molecule has 0 heterocycles. The average molecular weight is 315 g/mol. The highest BCUT2D eigenvalue weighted by Crippen LogP contribution is 2.28. The Morgan fingerprint density at radius 2 is 1.95 bits per heavy atom. The van der Waals surface area contributed by atoms with Gasteiger partial charge in [-0.2, -0.15) is 0 Å². The Hall–Kier alpha value is -1.27. The van der Waals surface area contributed by atoms with E-state index in [-0.39, 0.29) is 24.2 Å². The highest BCUT2D eigenvalue weighted by molar-refractivity contribution is 7.91. The molecule has 0 aliphatic heterocycles. The third-order valence-corrected chi connectivity index (χ3v) is 4.77. The zero-order valence-electron chi connectivity index (χ0n) is 13.0. The summed E-state index contributed by atoms with van der Waals surface area (Å²) in [6.07, 6.45) is 1.35. The van der Waals surface area contributed by atoms with Gasteiger partial charge in [-0.05, 0) is 37.5 Å². The minimum absolute atomic E-state index is 0.0154. The van der Waals surface area contributed by atoms with Gasteiger partial charge in [-0.25, -0.2) is 8.42 Å². The standard InChI is InChI=1S/C15H25NO4S/c1-4-8-21(17,18)9-7-20-15-11-13(10-12(2)16)5-6-14(15)19-3/h5-6,11-12H,4,7-10,16H2,1-3H3. The van der Waals surface area contributed by atoms with E-state index < -0.39 is 9.84 Å². The first-order chi connectivity index (χ1) is 9.88. The molecule has 6 heteroatoms. The van der Waals surface area contributed by atoms with E-state index in [9.17, 15) is 8.42 Å². The van der Waals surface area contributed by atoms with Crippen molar-refractivity contribution < 1.29 is 17.9 Å². The third-order valence-electron chi connectivity index (χ3n) is 2.95. The van der Waals surface area contributed by atoms with Crippen LogP contribution in [0.15, 0.2) is 18.2 Å². The van der Waals surface area contributed by atoms with Crippen molar-refractivity contribution in [1.82, 2.24) is 0 Å². The Balaban J connectivity index is 2.72. The van der Waals surface area contributed by atoms with Crippen LogP contribution in [0, 0.1) is 0 Å². The smallest absolute Gasteiger partial charge is 0.161 e. The van der Waals surface area contributed by atoms with Crippen LogP contribution in [-0.2, 0) is 16.3 Å². The number of benzene rings is 1. The van der Waals surface area contributed by atoms with Crippen LogP contribution in [0.5, 0.6) is 11.5 Å². The molecule has 0 saturated carbocycles. The Labute approximate surface area is 127 Å². The van der Waals surface area contributed by atoms with E-state index >= 15 is 0 Å². The molecule has 5 nitrogen and oxygen atoms in total. The summed E-state index contributed by atoms with van der Waals surface area (Å²) in [5.41, 5.74) is 6.82. The quantitative estimate of drug-likeness (QED) is 0.751. The molecule has 1 unspecified atom stereocenters. The second-order valence-electron chi connectivity index (χ2n) is 5.17. The molecule has 120 valence electrons. The average Bonchev–Trinajstić information content (AvgIpc) is 2.38. The predicted octanol–water partition coefficient (Wildman–Crippen LogP) is 1.79. The number of hydrogen-bond acceptors (Lipinski definition) is 5. The fraction of sp³-hybridized carbons (Fsp3) is 0.600. The lowest BCUT2D eigenvalue weighted by Crippen LogP contribution is -2.18. The molecule has 0 bridgehead atoms. The molecular weight excluding hydrogens is 290 g/mol. The van der Waals surface area contributed by atoms with E-state index in [0.29, 0.717) is 17.9 Å². The Kier molecular flexibility index (Phi) is 6.98. The molecule has 1 aromatic carbocycles. The van der Waals surface area contributed by atoms with Gasteiger partial charge in [0.25, 0.3) is 0 Å². The van der Waals surface area contributed by atoms with Crippen molar-refractivity contribution >= 4 is 9.84 Å². The van der Waals surface area contributed by atoms with Crippen LogP contribution < -0.4 is 15.2 Å². The molecule has 1 aromatic rings. The predicted molar refractivity (Wildman–Crippen MR) is 84.8 cm³/mol. The molecule has 21 heavy (non-hydrogen) atoms. The zero-order valence-corrected chi connectivity index (χ0v) is 13.8. The Bertz CT molecular complexity index is 541. The van der Waals surface area contributed by atoms with Crippen LogP contribution in [0.25, 0.3) is 0 Å². The normalized spacial score (nSPS) is 13.0. The second kappa shape index (κ2) is 8.24. The van der Waals surface area contributed by atoms with Crippen LogP contribution in [0.4, 0.5) is 0 Å². The lowest BCUT2D eigenvalue weighted by atomic mass is 10.1. The zero-order chi connectivity index (χ0) is 15.9. The third kappa shape index (κ3) is 6.35. The fourth-order valence-electron chi connectivity index (χ4n) is 2.02. The van der Waals surface area contributed by atoms with Crippen LogP contribution in [0.1, 0.15) is 25.8 Å². The van der Waals surface area contributed by atoms with Gasteiger partial charge in [0.05, 0.1) is 18.6 Å². The van der Waals surface area contributed by atoms with Gasteiger partial charge in [-0.3, -0.25) is 0 Å². The summed E-state index contributed by atoms with van der Waals surface area (Å²) in [7, 11) is -1.48. The van der Waals surface area contributed by atoms with E-state index in [1.54, 1.807) is 7.11 Å². The van der Waals surface area contributed by atoms with Gasteiger partial charge >= 0.3 is 0 Å². The highest BCUT2D eigenvalue weighted by Gasteiger charge is 2.12. The summed E-state index contributed by atoms with van der Waals surface area (Å²) >= 11 is 0. The first-order valence-corrected chi connectivity index (χ1v) is 8.95. The Morgan fingerprint density at radius 1 is 1.24 bits per heavy atom. The van der Waals surface area contributed by atoms with Gasteiger partial charge in [0.15, 0.2) is 21.3 Å². The summed E-state index contributed by atoms with van der Waals surface area (Å²) in [6, 6.07) is 5.65. The Morgan fingerprint density at radius 3 is 2.52 bits per heavy atom. The molecule has 0 spiro atoms. The van der Waals surface area contributed by atoms with Crippen molar-refractivity contribution in [3.8, 4) is 11.5 Å². The van der Waals surface area contributed by atoms with Gasteiger partial charge in [0, 0.05) is 6.04 Å². The maximum Gasteiger partial charge on any atom is 0.161 e. The lowest BCUT2D eigenvalue weighted by molar-refractivity contribution is 0.311. The van der Waals surface area contributed by atoms with Gasteiger partial charge in [-0.15, -0.1) is 0 Å². The number of methoxy groups -OCH3 is 1. The molecule has 0 aromatic heterocycles. The monoisotopic (exact) mass is 315 g/mol. The number of ether oxygens (including phenoxy) is 2. The van der Waals surface area contributed by atoms with E-state index in [1.807, 2.05) is 32.0 Å². The second-order valence-corrected chi connectivity index (χ2v) is 7.47. The largest absolute Gasteiger partial charge is 0.493 e. The van der Waals surface area contributed by atoms with Crippen LogP contribution in [0.3, 0.4) is 0 Å². The van der Waals surface area contributed by atoms with E-state index in [4.69, 9.17) is 15.2 Å². The number of rotatable bonds is 9. The lowest BCUT2D eigenvalue weighted by Gasteiger charge is -2.13. The molecule has 0 aliphatic carbocycles.